The van der Waals surface area contributed by atoms with E-state index in [1.54, 1.807) is 28.7 Å². The van der Waals surface area contributed by atoms with Crippen molar-refractivity contribution in [2.75, 3.05) is 0 Å². The zero-order valence-electron chi connectivity index (χ0n) is 9.99. The predicted octanol–water partition coefficient (Wildman–Crippen LogP) is 1.86. The lowest BCUT2D eigenvalue weighted by Gasteiger charge is -2.18. The van der Waals surface area contributed by atoms with Crippen LogP contribution in [0.3, 0.4) is 0 Å². The molecule has 1 aromatic heterocycles. The van der Waals surface area contributed by atoms with Crippen LogP contribution in [0.5, 0.6) is 5.75 Å². The molecule has 0 unspecified atom stereocenters. The molecule has 0 bridgehead atoms. The summed E-state index contributed by atoms with van der Waals surface area (Å²) >= 11 is 1.80. The average molecular weight is 347 g/mol. The Labute approximate surface area is 113 Å². The number of hydrogen-bond donors (Lipinski definition) is 1. The van der Waals surface area contributed by atoms with Crippen LogP contribution in [-0.4, -0.2) is 14.9 Å². The third-order valence-corrected chi connectivity index (χ3v) is 3.00. The summed E-state index contributed by atoms with van der Waals surface area (Å²) in [4.78, 5) is 11.8. The van der Waals surface area contributed by atoms with Crippen molar-refractivity contribution in [1.82, 2.24) is 9.78 Å². The highest BCUT2D eigenvalue weighted by molar-refractivity contribution is 14.1. The first-order valence-electron chi connectivity index (χ1n) is 5.16. The summed E-state index contributed by atoms with van der Waals surface area (Å²) in [7, 11) is 0. The lowest BCUT2D eigenvalue weighted by Crippen LogP contribution is -2.28. The minimum absolute atomic E-state index is 0.0806. The zero-order chi connectivity index (χ0) is 13.2. The van der Waals surface area contributed by atoms with E-state index >= 15 is 0 Å². The number of halogens is 1. The maximum Gasteiger partial charge on any atom is 0.288 e. The molecule has 0 aromatic carbocycles. The van der Waals surface area contributed by atoms with Crippen molar-refractivity contribution in [3.8, 4) is 11.8 Å². The summed E-state index contributed by atoms with van der Waals surface area (Å²) in [6.07, 6.45) is 0.769. The van der Waals surface area contributed by atoms with E-state index in [-0.39, 0.29) is 20.4 Å². The third-order valence-electron chi connectivity index (χ3n) is 2.27. The maximum absolute atomic E-state index is 11.8. The molecule has 0 fully saturated rings. The average Bonchev–Trinajstić information content (AvgIpc) is 2.21. The number of aromatic hydroxyl groups is 1. The van der Waals surface area contributed by atoms with Crippen LogP contribution in [-0.2, 0) is 6.54 Å². The molecule has 5 nitrogen and oxygen atoms in total. The van der Waals surface area contributed by atoms with E-state index in [0.29, 0.717) is 6.54 Å². The molecule has 0 atom stereocenters. The summed E-state index contributed by atoms with van der Waals surface area (Å²) in [5.74, 6) is -0.329. The lowest BCUT2D eigenvalue weighted by molar-refractivity contribution is 0.333. The summed E-state index contributed by atoms with van der Waals surface area (Å²) in [6.45, 7) is 6.63. The SMILES string of the molecule is CC(C)(C)CCn1nc(I)c(O)c(C#N)c1=O. The van der Waals surface area contributed by atoms with Gasteiger partial charge < -0.3 is 5.11 Å². The van der Waals surface area contributed by atoms with E-state index in [2.05, 4.69) is 25.9 Å². The highest BCUT2D eigenvalue weighted by Crippen LogP contribution is 2.21. The van der Waals surface area contributed by atoms with Gasteiger partial charge in [-0.2, -0.15) is 10.4 Å². The van der Waals surface area contributed by atoms with Crippen LogP contribution in [0.1, 0.15) is 32.8 Å². The van der Waals surface area contributed by atoms with E-state index in [9.17, 15) is 9.90 Å². The van der Waals surface area contributed by atoms with E-state index in [1.165, 1.54) is 4.68 Å². The second-order valence-electron chi connectivity index (χ2n) is 4.97. The van der Waals surface area contributed by atoms with Crippen LogP contribution in [0.4, 0.5) is 0 Å². The molecule has 0 spiro atoms. The van der Waals surface area contributed by atoms with Gasteiger partial charge >= 0.3 is 0 Å². The molecule has 17 heavy (non-hydrogen) atoms. The Morgan fingerprint density at radius 3 is 2.59 bits per heavy atom. The molecule has 0 radical (unpaired) electrons. The fraction of sp³-hybridized carbons (Fsp3) is 0.545. The Kier molecular flexibility index (Phi) is 4.14. The van der Waals surface area contributed by atoms with Gasteiger partial charge in [-0.15, -0.1) is 0 Å². The van der Waals surface area contributed by atoms with E-state index in [1.807, 2.05) is 0 Å². The van der Waals surface area contributed by atoms with Gasteiger partial charge in [0.05, 0.1) is 0 Å². The van der Waals surface area contributed by atoms with E-state index in [4.69, 9.17) is 5.26 Å². The van der Waals surface area contributed by atoms with Gasteiger partial charge in [0, 0.05) is 6.54 Å². The van der Waals surface area contributed by atoms with Crippen LogP contribution in [0.2, 0.25) is 0 Å². The van der Waals surface area contributed by atoms with Crippen LogP contribution in [0.25, 0.3) is 0 Å². The molecule has 0 amide bonds. The Hall–Kier alpha value is -1.10. The molecule has 1 rings (SSSR count). The first-order valence-corrected chi connectivity index (χ1v) is 6.24. The standard InChI is InChI=1S/C11H14IN3O2/c1-11(2,3)4-5-15-10(17)7(6-13)8(16)9(12)14-15/h16H,4-5H2,1-3H3. The van der Waals surface area contributed by atoms with Crippen LogP contribution in [0.15, 0.2) is 4.79 Å². The Balaban J connectivity index is 3.16. The monoisotopic (exact) mass is 347 g/mol. The smallest absolute Gasteiger partial charge is 0.288 e. The van der Waals surface area contributed by atoms with Crippen molar-refractivity contribution in [3.63, 3.8) is 0 Å². The fourth-order valence-electron chi connectivity index (χ4n) is 1.23. The molecule has 0 aliphatic rings. The number of hydrogen-bond acceptors (Lipinski definition) is 4. The molecule has 0 aliphatic carbocycles. The largest absolute Gasteiger partial charge is 0.504 e. The predicted molar refractivity (Wildman–Crippen MR) is 71.7 cm³/mol. The molecular weight excluding hydrogens is 333 g/mol. The normalized spacial score (nSPS) is 11.2. The highest BCUT2D eigenvalue weighted by atomic mass is 127. The number of aryl methyl sites for hydroxylation is 1. The van der Waals surface area contributed by atoms with Gasteiger partial charge in [0.2, 0.25) is 0 Å². The second kappa shape index (κ2) is 5.04. The van der Waals surface area contributed by atoms with Crippen molar-refractivity contribution >= 4 is 22.6 Å². The van der Waals surface area contributed by atoms with Gasteiger partial charge in [0.25, 0.3) is 5.56 Å². The molecular formula is C11H14IN3O2. The van der Waals surface area contributed by atoms with Crippen LogP contribution in [0, 0.1) is 20.4 Å². The van der Waals surface area contributed by atoms with E-state index in [0.717, 1.165) is 6.42 Å². The first-order chi connectivity index (χ1) is 7.76. The fourth-order valence-corrected chi connectivity index (χ4v) is 1.76. The van der Waals surface area contributed by atoms with Crippen molar-refractivity contribution in [2.45, 2.75) is 33.7 Å². The molecule has 1 aromatic rings. The third kappa shape index (κ3) is 3.43. The van der Waals surface area contributed by atoms with Crippen molar-refractivity contribution < 1.29 is 5.11 Å². The summed E-state index contributed by atoms with van der Waals surface area (Å²) in [6, 6.07) is 1.71. The van der Waals surface area contributed by atoms with Crippen molar-refractivity contribution in [1.29, 1.82) is 5.26 Å². The molecule has 0 aliphatic heterocycles. The summed E-state index contributed by atoms with van der Waals surface area (Å²) in [5.41, 5.74) is -0.690. The zero-order valence-corrected chi connectivity index (χ0v) is 12.1. The minimum Gasteiger partial charge on any atom is -0.504 e. The maximum atomic E-state index is 11.8. The number of nitrogens with zero attached hydrogens (tertiary/aromatic N) is 3. The topological polar surface area (TPSA) is 78.9 Å². The minimum atomic E-state index is -0.533. The quantitative estimate of drug-likeness (QED) is 0.829. The first kappa shape index (κ1) is 14.0. The van der Waals surface area contributed by atoms with Gasteiger partial charge in [-0.25, -0.2) is 4.68 Å². The van der Waals surface area contributed by atoms with Gasteiger partial charge in [0.1, 0.15) is 6.07 Å². The van der Waals surface area contributed by atoms with Crippen molar-refractivity contribution in [3.05, 3.63) is 19.6 Å². The number of aromatic nitrogens is 2. The number of nitriles is 1. The highest BCUT2D eigenvalue weighted by Gasteiger charge is 2.17. The molecule has 0 saturated carbocycles. The van der Waals surface area contributed by atoms with E-state index < -0.39 is 5.56 Å². The summed E-state index contributed by atoms with van der Waals surface area (Å²) in [5, 5.41) is 22.3. The number of rotatable bonds is 2. The molecule has 6 heteroatoms. The Bertz CT molecular complexity index is 523. The molecule has 1 N–H and O–H groups in total. The molecule has 0 saturated heterocycles. The van der Waals surface area contributed by atoms with Crippen molar-refractivity contribution in [2.24, 2.45) is 5.41 Å². The molecule has 92 valence electrons. The van der Waals surface area contributed by atoms with Crippen LogP contribution >= 0.6 is 22.6 Å². The van der Waals surface area contributed by atoms with Gasteiger partial charge in [0.15, 0.2) is 15.0 Å². The van der Waals surface area contributed by atoms with Gasteiger partial charge in [-0.05, 0) is 34.4 Å². The Morgan fingerprint density at radius 1 is 1.53 bits per heavy atom. The lowest BCUT2D eigenvalue weighted by atomic mass is 9.92. The van der Waals surface area contributed by atoms with Gasteiger partial charge in [-0.1, -0.05) is 20.8 Å². The summed E-state index contributed by atoms with van der Waals surface area (Å²) < 4.78 is 1.51. The molecule has 1 heterocycles. The van der Waals surface area contributed by atoms with Crippen LogP contribution < -0.4 is 5.56 Å². The Morgan fingerprint density at radius 2 is 2.12 bits per heavy atom. The van der Waals surface area contributed by atoms with Gasteiger partial charge in [-0.3, -0.25) is 4.79 Å². The second-order valence-corrected chi connectivity index (χ2v) is 5.99.